The second-order valence-corrected chi connectivity index (χ2v) is 4.56. The zero-order chi connectivity index (χ0) is 13.1. The van der Waals surface area contributed by atoms with E-state index in [4.69, 9.17) is 10.5 Å². The van der Waals surface area contributed by atoms with Gasteiger partial charge in [-0.2, -0.15) is 0 Å². The third-order valence-electron chi connectivity index (χ3n) is 2.43. The number of nitrogens with one attached hydrogen (secondary N) is 1. The monoisotopic (exact) mass is 310 g/mol. The number of hydrogen-bond acceptors (Lipinski definition) is 3. The van der Waals surface area contributed by atoms with E-state index >= 15 is 0 Å². The maximum absolute atomic E-state index is 13.1. The highest BCUT2D eigenvalue weighted by molar-refractivity contribution is 9.10. The standard InChI is InChI=1S/C13H12BrFN2O/c1-18-13-6-8(15)2-4-12(13)17-11-5-3-9(16)7-10(11)14/h2-7,17H,16H2,1H3. The number of methoxy groups -OCH3 is 1. The summed E-state index contributed by atoms with van der Waals surface area (Å²) in [6, 6.07) is 9.73. The van der Waals surface area contributed by atoms with Gasteiger partial charge in [0.2, 0.25) is 0 Å². The number of halogens is 2. The van der Waals surface area contributed by atoms with Crippen LogP contribution < -0.4 is 15.8 Å². The molecule has 0 aliphatic rings. The third kappa shape index (κ3) is 2.73. The fourth-order valence-corrected chi connectivity index (χ4v) is 2.04. The van der Waals surface area contributed by atoms with E-state index in [1.165, 1.54) is 19.2 Å². The van der Waals surface area contributed by atoms with Crippen LogP contribution >= 0.6 is 15.9 Å². The predicted octanol–water partition coefficient (Wildman–Crippen LogP) is 3.92. The van der Waals surface area contributed by atoms with E-state index in [2.05, 4.69) is 21.2 Å². The predicted molar refractivity (Wildman–Crippen MR) is 74.8 cm³/mol. The minimum absolute atomic E-state index is 0.339. The first kappa shape index (κ1) is 12.7. The lowest BCUT2D eigenvalue weighted by molar-refractivity contribution is 0.413. The summed E-state index contributed by atoms with van der Waals surface area (Å²) in [6.45, 7) is 0. The SMILES string of the molecule is COc1cc(F)ccc1Nc1ccc(N)cc1Br. The highest BCUT2D eigenvalue weighted by Crippen LogP contribution is 2.32. The fraction of sp³-hybridized carbons (Fsp3) is 0.0769. The minimum Gasteiger partial charge on any atom is -0.494 e. The van der Waals surface area contributed by atoms with E-state index in [0.717, 1.165) is 10.2 Å². The fourth-order valence-electron chi connectivity index (χ4n) is 1.55. The highest BCUT2D eigenvalue weighted by Gasteiger charge is 2.07. The van der Waals surface area contributed by atoms with Crippen molar-refractivity contribution in [2.75, 3.05) is 18.2 Å². The van der Waals surface area contributed by atoms with E-state index in [1.54, 1.807) is 18.2 Å². The van der Waals surface area contributed by atoms with Gasteiger partial charge in [-0.1, -0.05) is 0 Å². The molecule has 2 rings (SSSR count). The largest absolute Gasteiger partial charge is 0.494 e. The number of hydrogen-bond donors (Lipinski definition) is 2. The van der Waals surface area contributed by atoms with Crippen LogP contribution in [-0.2, 0) is 0 Å². The Morgan fingerprint density at radius 1 is 1.17 bits per heavy atom. The molecule has 0 atom stereocenters. The molecule has 0 fully saturated rings. The number of anilines is 3. The number of nitrogen functional groups attached to an aromatic ring is 1. The molecule has 0 aliphatic carbocycles. The summed E-state index contributed by atoms with van der Waals surface area (Å²) in [4.78, 5) is 0. The minimum atomic E-state index is -0.339. The van der Waals surface area contributed by atoms with Crippen LogP contribution in [0.5, 0.6) is 5.75 Å². The summed E-state index contributed by atoms with van der Waals surface area (Å²) in [5.74, 6) is 0.104. The first-order chi connectivity index (χ1) is 8.60. The number of benzene rings is 2. The van der Waals surface area contributed by atoms with Crippen molar-refractivity contribution in [3.63, 3.8) is 0 Å². The Labute approximate surface area is 113 Å². The Balaban J connectivity index is 2.33. The van der Waals surface area contributed by atoms with Gasteiger partial charge in [-0.05, 0) is 46.3 Å². The van der Waals surface area contributed by atoms with Gasteiger partial charge in [0, 0.05) is 16.2 Å². The smallest absolute Gasteiger partial charge is 0.145 e. The van der Waals surface area contributed by atoms with Gasteiger partial charge in [-0.15, -0.1) is 0 Å². The summed E-state index contributed by atoms with van der Waals surface area (Å²) in [5.41, 5.74) is 7.84. The van der Waals surface area contributed by atoms with Crippen LogP contribution in [0.2, 0.25) is 0 Å². The zero-order valence-corrected chi connectivity index (χ0v) is 11.3. The molecule has 0 saturated carbocycles. The lowest BCUT2D eigenvalue weighted by atomic mass is 10.2. The van der Waals surface area contributed by atoms with Crippen LogP contribution in [0.1, 0.15) is 0 Å². The van der Waals surface area contributed by atoms with Crippen molar-refractivity contribution in [3.8, 4) is 5.75 Å². The molecular formula is C13H12BrFN2O. The van der Waals surface area contributed by atoms with Gasteiger partial charge < -0.3 is 15.8 Å². The van der Waals surface area contributed by atoms with Gasteiger partial charge in [0.1, 0.15) is 11.6 Å². The van der Waals surface area contributed by atoms with Crippen molar-refractivity contribution in [2.45, 2.75) is 0 Å². The van der Waals surface area contributed by atoms with Gasteiger partial charge in [0.15, 0.2) is 0 Å². The maximum Gasteiger partial charge on any atom is 0.145 e. The Hall–Kier alpha value is -1.75. The second-order valence-electron chi connectivity index (χ2n) is 3.71. The molecule has 3 N–H and O–H groups in total. The van der Waals surface area contributed by atoms with Crippen molar-refractivity contribution >= 4 is 33.0 Å². The van der Waals surface area contributed by atoms with E-state index < -0.39 is 0 Å². The van der Waals surface area contributed by atoms with Crippen molar-refractivity contribution in [1.82, 2.24) is 0 Å². The number of rotatable bonds is 3. The summed E-state index contributed by atoms with van der Waals surface area (Å²) < 4.78 is 19.0. The molecule has 2 aromatic carbocycles. The summed E-state index contributed by atoms with van der Waals surface area (Å²) in [5, 5.41) is 3.15. The Morgan fingerprint density at radius 2 is 1.89 bits per heavy atom. The van der Waals surface area contributed by atoms with Crippen LogP contribution in [0.15, 0.2) is 40.9 Å². The number of ether oxygens (including phenoxy) is 1. The lowest BCUT2D eigenvalue weighted by Gasteiger charge is -2.12. The van der Waals surface area contributed by atoms with Crippen LogP contribution in [0.4, 0.5) is 21.5 Å². The van der Waals surface area contributed by atoms with Gasteiger partial charge >= 0.3 is 0 Å². The van der Waals surface area contributed by atoms with E-state index in [-0.39, 0.29) is 5.82 Å². The molecule has 0 heterocycles. The van der Waals surface area contributed by atoms with Crippen molar-refractivity contribution in [2.24, 2.45) is 0 Å². The van der Waals surface area contributed by atoms with E-state index in [9.17, 15) is 4.39 Å². The molecule has 0 radical (unpaired) electrons. The molecule has 0 saturated heterocycles. The zero-order valence-electron chi connectivity index (χ0n) is 9.71. The Bertz CT molecular complexity index is 575. The van der Waals surface area contributed by atoms with Crippen molar-refractivity contribution in [3.05, 3.63) is 46.7 Å². The van der Waals surface area contributed by atoms with Crippen LogP contribution in [0.25, 0.3) is 0 Å². The van der Waals surface area contributed by atoms with E-state index in [1.807, 2.05) is 6.07 Å². The average molecular weight is 311 g/mol. The first-order valence-corrected chi connectivity index (χ1v) is 6.05. The molecule has 18 heavy (non-hydrogen) atoms. The molecular weight excluding hydrogens is 299 g/mol. The first-order valence-electron chi connectivity index (χ1n) is 5.26. The summed E-state index contributed by atoms with van der Waals surface area (Å²) in [7, 11) is 1.50. The molecule has 0 amide bonds. The molecule has 0 aromatic heterocycles. The van der Waals surface area contributed by atoms with Gasteiger partial charge in [-0.25, -0.2) is 4.39 Å². The molecule has 0 aliphatic heterocycles. The van der Waals surface area contributed by atoms with Gasteiger partial charge in [0.25, 0.3) is 0 Å². The number of nitrogens with two attached hydrogens (primary N) is 1. The lowest BCUT2D eigenvalue weighted by Crippen LogP contribution is -1.96. The summed E-state index contributed by atoms with van der Waals surface area (Å²) >= 11 is 3.41. The van der Waals surface area contributed by atoms with Crippen molar-refractivity contribution < 1.29 is 9.13 Å². The quantitative estimate of drug-likeness (QED) is 0.845. The van der Waals surface area contributed by atoms with Gasteiger partial charge in [-0.3, -0.25) is 0 Å². The highest BCUT2D eigenvalue weighted by atomic mass is 79.9. The van der Waals surface area contributed by atoms with Gasteiger partial charge in [0.05, 0.1) is 18.5 Å². The molecule has 94 valence electrons. The molecule has 3 nitrogen and oxygen atoms in total. The molecule has 0 unspecified atom stereocenters. The van der Waals surface area contributed by atoms with E-state index in [0.29, 0.717) is 17.1 Å². The Kier molecular flexibility index (Phi) is 3.72. The van der Waals surface area contributed by atoms with Crippen molar-refractivity contribution in [1.29, 1.82) is 0 Å². The maximum atomic E-state index is 13.1. The second kappa shape index (κ2) is 5.27. The topological polar surface area (TPSA) is 47.3 Å². The molecule has 0 spiro atoms. The third-order valence-corrected chi connectivity index (χ3v) is 3.08. The summed E-state index contributed by atoms with van der Waals surface area (Å²) in [6.07, 6.45) is 0. The van der Waals surface area contributed by atoms with Crippen LogP contribution in [-0.4, -0.2) is 7.11 Å². The van der Waals surface area contributed by atoms with Crippen LogP contribution in [0, 0.1) is 5.82 Å². The van der Waals surface area contributed by atoms with Crippen LogP contribution in [0.3, 0.4) is 0 Å². The Morgan fingerprint density at radius 3 is 2.56 bits per heavy atom. The normalized spacial score (nSPS) is 10.2. The molecule has 5 heteroatoms. The molecule has 0 bridgehead atoms. The molecule has 2 aromatic rings. The average Bonchev–Trinajstić information content (AvgIpc) is 2.34.